The Morgan fingerprint density at radius 3 is 2.44 bits per heavy atom. The number of nitrogens with two attached hydrogens (primary N) is 1. The summed E-state index contributed by atoms with van der Waals surface area (Å²) in [6, 6.07) is 15.8. The number of halogens is 2. The molecule has 0 bridgehead atoms. The van der Waals surface area contributed by atoms with E-state index in [2.05, 4.69) is 0 Å². The second-order valence-corrected chi connectivity index (χ2v) is 7.57. The smallest absolute Gasteiger partial charge is 0.253 e. The molecule has 1 amide bonds. The van der Waals surface area contributed by atoms with Gasteiger partial charge < -0.3 is 10.6 Å². The van der Waals surface area contributed by atoms with E-state index in [-0.39, 0.29) is 18.3 Å². The van der Waals surface area contributed by atoms with Crippen LogP contribution in [0.1, 0.15) is 22.3 Å². The van der Waals surface area contributed by atoms with Crippen molar-refractivity contribution >= 4 is 41.7 Å². The second-order valence-electron chi connectivity index (χ2n) is 6.08. The predicted molar refractivity (Wildman–Crippen MR) is 108 cm³/mol. The van der Waals surface area contributed by atoms with Gasteiger partial charge in [0.25, 0.3) is 5.91 Å². The molecule has 2 aromatic carbocycles. The lowest BCUT2D eigenvalue weighted by atomic mass is 10.1. The fraction of sp³-hybridized carbons (Fsp3) is 0.316. The van der Waals surface area contributed by atoms with Gasteiger partial charge in [-0.2, -0.15) is 0 Å². The molecule has 25 heavy (non-hydrogen) atoms. The van der Waals surface area contributed by atoms with Crippen LogP contribution in [-0.2, 0) is 5.75 Å². The van der Waals surface area contributed by atoms with E-state index < -0.39 is 0 Å². The van der Waals surface area contributed by atoms with Crippen LogP contribution in [-0.4, -0.2) is 30.4 Å². The average Bonchev–Trinajstić information content (AvgIpc) is 3.10. The molecule has 1 aliphatic rings. The lowest BCUT2D eigenvalue weighted by Crippen LogP contribution is -2.29. The zero-order valence-corrected chi connectivity index (χ0v) is 16.2. The molecule has 1 saturated heterocycles. The van der Waals surface area contributed by atoms with Crippen LogP contribution in [0.2, 0.25) is 5.02 Å². The number of hydrogen-bond acceptors (Lipinski definition) is 3. The Bertz CT molecular complexity index is 692. The number of rotatable bonds is 5. The van der Waals surface area contributed by atoms with Crippen molar-refractivity contribution in [3.05, 3.63) is 64.7 Å². The zero-order valence-electron chi connectivity index (χ0n) is 13.9. The Hall–Kier alpha value is -1.20. The fourth-order valence-corrected chi connectivity index (χ4v) is 3.81. The van der Waals surface area contributed by atoms with Gasteiger partial charge in [-0.05, 0) is 60.8 Å². The molecule has 1 fully saturated rings. The second kappa shape index (κ2) is 9.48. The van der Waals surface area contributed by atoms with Gasteiger partial charge >= 0.3 is 0 Å². The van der Waals surface area contributed by atoms with E-state index in [1.165, 1.54) is 10.5 Å². The molecule has 0 radical (unpaired) electrons. The molecule has 2 N–H and O–H groups in total. The summed E-state index contributed by atoms with van der Waals surface area (Å²) in [7, 11) is 0. The third-order valence-electron chi connectivity index (χ3n) is 4.33. The molecule has 1 aliphatic heterocycles. The maximum absolute atomic E-state index is 12.5. The predicted octanol–water partition coefficient (Wildman–Crippen LogP) is 4.47. The van der Waals surface area contributed by atoms with Crippen LogP contribution < -0.4 is 5.73 Å². The summed E-state index contributed by atoms with van der Waals surface area (Å²) in [6.07, 6.45) is 1.01. The maximum Gasteiger partial charge on any atom is 0.253 e. The van der Waals surface area contributed by atoms with Gasteiger partial charge in [0.05, 0.1) is 0 Å². The van der Waals surface area contributed by atoms with Crippen LogP contribution >= 0.6 is 35.8 Å². The van der Waals surface area contributed by atoms with Gasteiger partial charge in [0, 0.05) is 34.3 Å². The molecule has 0 aliphatic carbocycles. The Kier molecular flexibility index (Phi) is 7.63. The molecule has 1 atom stereocenters. The summed E-state index contributed by atoms with van der Waals surface area (Å²) in [6.45, 7) is 2.25. The molecule has 0 spiro atoms. The number of nitrogens with zero attached hydrogens (tertiary/aromatic N) is 1. The minimum absolute atomic E-state index is 0. The highest BCUT2D eigenvalue weighted by atomic mass is 35.5. The normalized spacial score (nSPS) is 16.6. The monoisotopic (exact) mass is 396 g/mol. The molecule has 3 rings (SSSR count). The van der Waals surface area contributed by atoms with Crippen molar-refractivity contribution in [1.82, 2.24) is 4.90 Å². The molecule has 6 heteroatoms. The lowest BCUT2D eigenvalue weighted by molar-refractivity contribution is 0.0787. The van der Waals surface area contributed by atoms with E-state index in [1.807, 2.05) is 53.4 Å². The molecule has 2 aromatic rings. The van der Waals surface area contributed by atoms with Gasteiger partial charge in [0.15, 0.2) is 0 Å². The minimum Gasteiger partial charge on any atom is -0.338 e. The van der Waals surface area contributed by atoms with E-state index in [4.69, 9.17) is 17.3 Å². The van der Waals surface area contributed by atoms with Crippen LogP contribution in [0.25, 0.3) is 0 Å². The molecule has 134 valence electrons. The van der Waals surface area contributed by atoms with E-state index in [0.717, 1.165) is 35.8 Å². The van der Waals surface area contributed by atoms with Crippen LogP contribution in [0.5, 0.6) is 0 Å². The molecule has 1 heterocycles. The Balaban J connectivity index is 0.00000225. The molecule has 0 saturated carbocycles. The lowest BCUT2D eigenvalue weighted by Gasteiger charge is -2.16. The number of benzene rings is 2. The van der Waals surface area contributed by atoms with Gasteiger partial charge in [-0.15, -0.1) is 24.2 Å². The van der Waals surface area contributed by atoms with Gasteiger partial charge in [-0.3, -0.25) is 4.79 Å². The Morgan fingerprint density at radius 2 is 1.84 bits per heavy atom. The number of carbonyl (C=O) groups is 1. The zero-order chi connectivity index (χ0) is 16.9. The molecular weight excluding hydrogens is 375 g/mol. The molecule has 1 unspecified atom stereocenters. The molecule has 0 aromatic heterocycles. The third kappa shape index (κ3) is 5.38. The number of carbonyl (C=O) groups excluding carboxylic acids is 1. The first-order chi connectivity index (χ1) is 11.7. The first-order valence-corrected chi connectivity index (χ1v) is 9.48. The van der Waals surface area contributed by atoms with Crippen molar-refractivity contribution in [1.29, 1.82) is 0 Å². The van der Waals surface area contributed by atoms with Gasteiger partial charge in [0.2, 0.25) is 0 Å². The summed E-state index contributed by atoms with van der Waals surface area (Å²) in [5.41, 5.74) is 7.66. The number of likely N-dealkylation sites (tertiary alicyclic amines) is 1. The van der Waals surface area contributed by atoms with Crippen molar-refractivity contribution in [2.45, 2.75) is 17.1 Å². The summed E-state index contributed by atoms with van der Waals surface area (Å²) in [5.74, 6) is 1.43. The number of thioether (sulfide) groups is 1. The average molecular weight is 397 g/mol. The van der Waals surface area contributed by atoms with E-state index in [0.29, 0.717) is 12.5 Å². The highest BCUT2D eigenvalue weighted by molar-refractivity contribution is 7.98. The summed E-state index contributed by atoms with van der Waals surface area (Å²) >= 11 is 7.65. The largest absolute Gasteiger partial charge is 0.338 e. The van der Waals surface area contributed by atoms with Crippen LogP contribution in [0.3, 0.4) is 0 Å². The van der Waals surface area contributed by atoms with Gasteiger partial charge in [-0.1, -0.05) is 23.7 Å². The molecule has 3 nitrogen and oxygen atoms in total. The van der Waals surface area contributed by atoms with E-state index >= 15 is 0 Å². The third-order valence-corrected chi connectivity index (χ3v) is 5.66. The first kappa shape index (κ1) is 20.1. The quantitative estimate of drug-likeness (QED) is 0.757. The molecular formula is C19H22Cl2N2OS. The first-order valence-electron chi connectivity index (χ1n) is 8.12. The van der Waals surface area contributed by atoms with Crippen LogP contribution in [0.15, 0.2) is 53.4 Å². The fourth-order valence-electron chi connectivity index (χ4n) is 2.83. The topological polar surface area (TPSA) is 46.3 Å². The van der Waals surface area contributed by atoms with Crippen LogP contribution in [0, 0.1) is 5.92 Å². The summed E-state index contributed by atoms with van der Waals surface area (Å²) in [5, 5.41) is 0.751. The highest BCUT2D eigenvalue weighted by Crippen LogP contribution is 2.25. The standard InChI is InChI=1S/C19H21ClN2OS.ClH/c20-17-5-7-18(8-6-17)24-13-14-1-3-16(4-2-14)19(23)22-10-9-15(11-21)12-22;/h1-8,15H,9-13,21H2;1H. The van der Waals surface area contributed by atoms with Gasteiger partial charge in [0.1, 0.15) is 0 Å². The van der Waals surface area contributed by atoms with Crippen molar-refractivity contribution in [3.8, 4) is 0 Å². The Morgan fingerprint density at radius 1 is 1.16 bits per heavy atom. The van der Waals surface area contributed by atoms with E-state index in [1.54, 1.807) is 11.8 Å². The number of amides is 1. The maximum atomic E-state index is 12.5. The van der Waals surface area contributed by atoms with Crippen molar-refractivity contribution in [2.75, 3.05) is 19.6 Å². The van der Waals surface area contributed by atoms with Crippen molar-refractivity contribution in [3.63, 3.8) is 0 Å². The highest BCUT2D eigenvalue weighted by Gasteiger charge is 2.25. The SMILES string of the molecule is Cl.NCC1CCN(C(=O)c2ccc(CSc3ccc(Cl)cc3)cc2)C1. The van der Waals surface area contributed by atoms with Crippen molar-refractivity contribution < 1.29 is 4.79 Å². The van der Waals surface area contributed by atoms with Crippen molar-refractivity contribution in [2.24, 2.45) is 11.7 Å². The van der Waals surface area contributed by atoms with Gasteiger partial charge in [-0.25, -0.2) is 0 Å². The van der Waals surface area contributed by atoms with Crippen LogP contribution in [0.4, 0.5) is 0 Å². The summed E-state index contributed by atoms with van der Waals surface area (Å²) < 4.78 is 0. The number of hydrogen-bond donors (Lipinski definition) is 1. The van der Waals surface area contributed by atoms with E-state index in [9.17, 15) is 4.79 Å². The summed E-state index contributed by atoms with van der Waals surface area (Å²) in [4.78, 5) is 15.6. The minimum atomic E-state index is 0. The Labute approximate surface area is 164 Å².